The second-order valence-corrected chi connectivity index (χ2v) is 5.68. The van der Waals surface area contributed by atoms with Crippen LogP contribution in [-0.4, -0.2) is 44.8 Å². The first kappa shape index (κ1) is 14.0. The SMILES string of the molecule is CC(C)(C)OC(=O)C[Te]OC(=O)CCl. The molecule has 82 valence electrons. The molecule has 0 saturated heterocycles. The standard InChI is InChI=1S/C8H13ClO4Te/c1-8(2,3)12-7(11)5-14-13-6(10)4-9/h4-5H2,1-3H3. The summed E-state index contributed by atoms with van der Waals surface area (Å²) < 4.78 is 9.94. The Morgan fingerprint density at radius 2 is 1.86 bits per heavy atom. The van der Waals surface area contributed by atoms with E-state index in [1.54, 1.807) is 20.8 Å². The van der Waals surface area contributed by atoms with Gasteiger partial charge in [-0.05, 0) is 0 Å². The average molecular weight is 336 g/mol. The van der Waals surface area contributed by atoms with Gasteiger partial charge in [-0.3, -0.25) is 0 Å². The minimum absolute atomic E-state index is 0.168. The Bertz CT molecular complexity index is 212. The zero-order valence-electron chi connectivity index (χ0n) is 8.33. The number of esters is 1. The Kier molecular flexibility index (Phi) is 6.50. The number of rotatable bonds is 4. The van der Waals surface area contributed by atoms with E-state index in [0.29, 0.717) is 0 Å². The van der Waals surface area contributed by atoms with Crippen molar-refractivity contribution in [2.24, 2.45) is 0 Å². The monoisotopic (exact) mass is 338 g/mol. The molecule has 0 aromatic heterocycles. The summed E-state index contributed by atoms with van der Waals surface area (Å²) in [5.74, 6) is -0.973. The topological polar surface area (TPSA) is 52.6 Å². The van der Waals surface area contributed by atoms with Gasteiger partial charge in [0.1, 0.15) is 0 Å². The molecule has 0 atom stereocenters. The molecule has 0 rings (SSSR count). The van der Waals surface area contributed by atoms with Crippen LogP contribution in [0.3, 0.4) is 0 Å². The molecule has 0 aromatic rings. The third kappa shape index (κ3) is 8.61. The maximum atomic E-state index is 11.1. The molecule has 0 unspecified atom stereocenters. The van der Waals surface area contributed by atoms with E-state index in [1.807, 2.05) is 0 Å². The van der Waals surface area contributed by atoms with Gasteiger partial charge in [0, 0.05) is 0 Å². The number of hydrogen-bond donors (Lipinski definition) is 0. The Labute approximate surface area is 98.9 Å². The molecule has 14 heavy (non-hydrogen) atoms. The number of carbonyl (C=O) groups is 2. The van der Waals surface area contributed by atoms with Gasteiger partial charge in [0.05, 0.1) is 0 Å². The van der Waals surface area contributed by atoms with Crippen LogP contribution in [0.2, 0.25) is 4.47 Å². The van der Waals surface area contributed by atoms with E-state index < -0.39 is 32.9 Å². The van der Waals surface area contributed by atoms with Crippen LogP contribution in [0, 0.1) is 0 Å². The van der Waals surface area contributed by atoms with Gasteiger partial charge in [-0.1, -0.05) is 0 Å². The molecule has 0 radical (unpaired) electrons. The zero-order chi connectivity index (χ0) is 11.2. The summed E-state index contributed by atoms with van der Waals surface area (Å²) in [5.41, 5.74) is -0.486. The normalized spacial score (nSPS) is 10.9. The van der Waals surface area contributed by atoms with E-state index in [-0.39, 0.29) is 16.3 Å². The van der Waals surface area contributed by atoms with Crippen molar-refractivity contribution in [3.05, 3.63) is 0 Å². The molecule has 0 spiro atoms. The quantitative estimate of drug-likeness (QED) is 0.439. The van der Waals surface area contributed by atoms with Crippen LogP contribution in [0.5, 0.6) is 0 Å². The van der Waals surface area contributed by atoms with E-state index in [0.717, 1.165) is 0 Å². The summed E-state index contributed by atoms with van der Waals surface area (Å²) in [6.07, 6.45) is 0. The first-order chi connectivity index (χ1) is 6.35. The van der Waals surface area contributed by atoms with Crippen LogP contribution in [0.4, 0.5) is 0 Å². The molecule has 4 nitrogen and oxygen atoms in total. The zero-order valence-corrected chi connectivity index (χ0v) is 11.4. The molecule has 0 heterocycles. The summed E-state index contributed by atoms with van der Waals surface area (Å²) in [6, 6.07) is 0. The van der Waals surface area contributed by atoms with Gasteiger partial charge in [0.15, 0.2) is 0 Å². The number of ether oxygens (including phenoxy) is 1. The van der Waals surface area contributed by atoms with E-state index in [1.165, 1.54) is 0 Å². The fourth-order valence-corrected chi connectivity index (χ4v) is 1.95. The minimum atomic E-state index is -1.10. The van der Waals surface area contributed by atoms with Crippen molar-refractivity contribution in [1.82, 2.24) is 0 Å². The Morgan fingerprint density at radius 1 is 1.29 bits per heavy atom. The summed E-state index contributed by atoms with van der Waals surface area (Å²) in [7, 11) is 0. The second kappa shape index (κ2) is 6.49. The number of alkyl halides is 1. The van der Waals surface area contributed by atoms with Crippen molar-refractivity contribution < 1.29 is 17.4 Å². The van der Waals surface area contributed by atoms with Crippen LogP contribution < -0.4 is 0 Å². The fraction of sp³-hybridized carbons (Fsp3) is 0.750. The second-order valence-electron chi connectivity index (χ2n) is 3.44. The van der Waals surface area contributed by atoms with E-state index in [2.05, 4.69) is 0 Å². The Hall–Kier alpha value is 0.0196. The molecule has 0 N–H and O–H groups in total. The first-order valence-corrected chi connectivity index (χ1v) is 7.08. The number of halogens is 1. The molecule has 0 fully saturated rings. The van der Waals surface area contributed by atoms with Gasteiger partial charge in [0.25, 0.3) is 0 Å². The third-order valence-electron chi connectivity index (χ3n) is 0.858. The predicted molar refractivity (Wildman–Crippen MR) is 53.2 cm³/mol. The summed E-state index contributed by atoms with van der Waals surface area (Å²) >= 11 is 4.11. The first-order valence-electron chi connectivity index (χ1n) is 3.95. The molecule has 0 aliphatic heterocycles. The molecular weight excluding hydrogens is 323 g/mol. The van der Waals surface area contributed by atoms with E-state index >= 15 is 0 Å². The summed E-state index contributed by atoms with van der Waals surface area (Å²) in [5, 5.41) is 0. The van der Waals surface area contributed by atoms with Gasteiger partial charge in [-0.2, -0.15) is 0 Å². The summed E-state index contributed by atoms with van der Waals surface area (Å²) in [6.45, 7) is 5.36. The Balaban J connectivity index is 3.60. The van der Waals surface area contributed by atoms with Crippen molar-refractivity contribution in [3.8, 4) is 0 Å². The maximum absolute atomic E-state index is 11.1. The van der Waals surface area contributed by atoms with E-state index in [9.17, 15) is 9.59 Å². The van der Waals surface area contributed by atoms with Crippen molar-refractivity contribution in [3.63, 3.8) is 0 Å². The molecule has 0 amide bonds. The van der Waals surface area contributed by atoms with Crippen LogP contribution in [0.15, 0.2) is 0 Å². The van der Waals surface area contributed by atoms with Crippen molar-refractivity contribution in [2.45, 2.75) is 30.8 Å². The average Bonchev–Trinajstić information content (AvgIpc) is 2.00. The van der Waals surface area contributed by atoms with Gasteiger partial charge in [-0.25, -0.2) is 0 Å². The van der Waals surface area contributed by atoms with Crippen molar-refractivity contribution in [1.29, 1.82) is 0 Å². The van der Waals surface area contributed by atoms with Gasteiger partial charge in [0.2, 0.25) is 0 Å². The molecule has 0 aromatic carbocycles. The molecule has 6 heteroatoms. The Morgan fingerprint density at radius 3 is 2.29 bits per heavy atom. The van der Waals surface area contributed by atoms with Crippen LogP contribution >= 0.6 is 11.6 Å². The van der Waals surface area contributed by atoms with Gasteiger partial charge >= 0.3 is 99.0 Å². The van der Waals surface area contributed by atoms with E-state index in [4.69, 9.17) is 19.4 Å². The molecule has 0 saturated carbocycles. The third-order valence-corrected chi connectivity index (χ3v) is 2.95. The van der Waals surface area contributed by atoms with Gasteiger partial charge < -0.3 is 0 Å². The van der Waals surface area contributed by atoms with Gasteiger partial charge in [-0.15, -0.1) is 0 Å². The van der Waals surface area contributed by atoms with Crippen LogP contribution in [-0.2, 0) is 17.4 Å². The van der Waals surface area contributed by atoms with Crippen LogP contribution in [0.1, 0.15) is 20.8 Å². The molecule has 0 aliphatic rings. The molecule has 0 aliphatic carbocycles. The van der Waals surface area contributed by atoms with Crippen molar-refractivity contribution in [2.75, 3.05) is 5.88 Å². The predicted octanol–water partition coefficient (Wildman–Crippen LogP) is 1.15. The van der Waals surface area contributed by atoms with Crippen molar-refractivity contribution >= 4 is 44.9 Å². The van der Waals surface area contributed by atoms with Crippen LogP contribution in [0.25, 0.3) is 0 Å². The molecular formula is C8H13ClO4Te. The summed E-state index contributed by atoms with van der Waals surface area (Å²) in [4.78, 5) is 21.7. The fourth-order valence-electron chi connectivity index (χ4n) is 0.537. The molecule has 0 bridgehead atoms. The number of hydrogen-bond acceptors (Lipinski definition) is 4. The number of carbonyl (C=O) groups excluding carboxylic acids is 2.